The van der Waals surface area contributed by atoms with Gasteiger partial charge in [0.25, 0.3) is 0 Å². The molecule has 0 spiro atoms. The first-order chi connectivity index (χ1) is 24.0. The molecule has 0 radical (unpaired) electrons. The topological polar surface area (TPSA) is 250 Å². The van der Waals surface area contributed by atoms with E-state index in [1.165, 1.54) is 0 Å². The van der Waals surface area contributed by atoms with E-state index in [0.717, 1.165) is 28.6 Å². The van der Waals surface area contributed by atoms with E-state index in [4.69, 9.17) is 4.74 Å². The van der Waals surface area contributed by atoms with Gasteiger partial charge in [-0.2, -0.15) is 0 Å². The SMILES string of the molecule is CC(C)[C@H](NC(=O)C(Cc1c[nH]c2ccccc12)NC(=O)[C@H](CC(=O)O)NC(=O)OCc1ccccc1)C(=O)N[C@H](/C=C/S(C)(=O)=O)CC(=O)O. The van der Waals surface area contributed by atoms with Crippen LogP contribution < -0.4 is 21.3 Å². The van der Waals surface area contributed by atoms with Gasteiger partial charge < -0.3 is 41.2 Å². The predicted molar refractivity (Wildman–Crippen MR) is 185 cm³/mol. The highest BCUT2D eigenvalue weighted by Gasteiger charge is 2.33. The standard InChI is InChI=1S/C34H41N5O11S/c1-20(2)30(33(46)36-23(16-28(40)41)13-14-51(3,48)49)39-32(45)26(15-22-18-35-25-12-8-7-11-24(22)25)37-31(44)27(17-29(42)43)38-34(47)50-19-21-9-5-4-6-10-21/h4-14,18,20,23,26-27,30,35H,15-17,19H2,1-3H3,(H,36,46)(H,37,44)(H,38,47)(H,39,45)(H,40,41)(H,42,43)/b14-13+/t23-,26?,27+,30+/m1/s1. The highest BCUT2D eigenvalue weighted by Crippen LogP contribution is 2.20. The van der Waals surface area contributed by atoms with Gasteiger partial charge in [0.2, 0.25) is 17.7 Å². The average Bonchev–Trinajstić information content (AvgIpc) is 3.46. The lowest BCUT2D eigenvalue weighted by atomic mass is 10.00. The number of ether oxygens (including phenoxy) is 1. The number of alkyl carbamates (subject to hydrolysis) is 1. The van der Waals surface area contributed by atoms with Crippen LogP contribution in [-0.4, -0.2) is 89.8 Å². The number of carbonyl (C=O) groups is 6. The molecule has 3 rings (SSSR count). The highest BCUT2D eigenvalue weighted by atomic mass is 32.2. The minimum absolute atomic E-state index is 0.134. The first kappa shape index (κ1) is 39.7. The van der Waals surface area contributed by atoms with Gasteiger partial charge in [0, 0.05) is 35.2 Å². The summed E-state index contributed by atoms with van der Waals surface area (Å²) in [6, 6.07) is 10.2. The average molecular weight is 728 g/mol. The lowest BCUT2D eigenvalue weighted by Gasteiger charge is -2.27. The molecule has 0 saturated heterocycles. The molecule has 17 heteroatoms. The fourth-order valence-electron chi connectivity index (χ4n) is 4.95. The number of fused-ring (bicyclic) bond motifs is 1. The fourth-order valence-corrected chi connectivity index (χ4v) is 5.42. The summed E-state index contributed by atoms with van der Waals surface area (Å²) in [7, 11) is -3.66. The van der Waals surface area contributed by atoms with E-state index in [1.54, 1.807) is 74.6 Å². The number of H-pyrrole nitrogens is 1. The summed E-state index contributed by atoms with van der Waals surface area (Å²) in [5.74, 6) is -6.03. The van der Waals surface area contributed by atoms with Crippen molar-refractivity contribution in [3.05, 3.63) is 83.4 Å². The van der Waals surface area contributed by atoms with Gasteiger partial charge in [-0.05, 0) is 23.1 Å². The molecule has 2 aromatic carbocycles. The van der Waals surface area contributed by atoms with Gasteiger partial charge in [-0.25, -0.2) is 13.2 Å². The van der Waals surface area contributed by atoms with Crippen LogP contribution in [0, 0.1) is 5.92 Å². The maximum absolute atomic E-state index is 13.9. The Morgan fingerprint density at radius 3 is 2.06 bits per heavy atom. The van der Waals surface area contributed by atoms with Crippen molar-refractivity contribution in [2.24, 2.45) is 5.92 Å². The molecule has 0 aliphatic heterocycles. The second-order valence-corrected chi connectivity index (χ2v) is 14.0. The number of aromatic nitrogens is 1. The highest BCUT2D eigenvalue weighted by molar-refractivity contribution is 7.93. The lowest BCUT2D eigenvalue weighted by molar-refractivity contribution is -0.140. The number of nitrogens with one attached hydrogen (secondary N) is 5. The van der Waals surface area contributed by atoms with Crippen molar-refractivity contribution < 1.29 is 52.1 Å². The Balaban J connectivity index is 1.86. The van der Waals surface area contributed by atoms with E-state index in [0.29, 0.717) is 11.1 Å². The lowest BCUT2D eigenvalue weighted by Crippen LogP contribution is -2.59. The number of hydrogen-bond acceptors (Lipinski definition) is 9. The van der Waals surface area contributed by atoms with E-state index < -0.39 is 88.5 Å². The minimum Gasteiger partial charge on any atom is -0.481 e. The van der Waals surface area contributed by atoms with E-state index in [2.05, 4.69) is 26.3 Å². The Labute approximate surface area is 293 Å². The zero-order valence-corrected chi connectivity index (χ0v) is 28.9. The fraction of sp³-hybridized carbons (Fsp3) is 0.353. The number of benzene rings is 2. The minimum atomic E-state index is -3.66. The van der Waals surface area contributed by atoms with Crippen molar-refractivity contribution in [1.82, 2.24) is 26.3 Å². The van der Waals surface area contributed by atoms with Gasteiger partial charge in [-0.1, -0.05) is 68.5 Å². The second kappa shape index (κ2) is 18.3. The van der Waals surface area contributed by atoms with Crippen molar-refractivity contribution in [2.45, 2.75) is 63.9 Å². The van der Waals surface area contributed by atoms with Crippen LogP contribution in [0.2, 0.25) is 0 Å². The van der Waals surface area contributed by atoms with Gasteiger partial charge in [0.15, 0.2) is 9.84 Å². The number of carboxylic acid groups (broad SMARTS) is 2. The maximum Gasteiger partial charge on any atom is 0.408 e. The summed E-state index contributed by atoms with van der Waals surface area (Å²) in [5, 5.41) is 30.0. The molecule has 274 valence electrons. The smallest absolute Gasteiger partial charge is 0.408 e. The number of rotatable bonds is 18. The van der Waals surface area contributed by atoms with Crippen LogP contribution in [0.15, 0.2) is 72.3 Å². The summed E-state index contributed by atoms with van der Waals surface area (Å²) in [6.07, 6.45) is 0.828. The van der Waals surface area contributed by atoms with Gasteiger partial charge in [-0.15, -0.1) is 0 Å². The molecule has 4 amide bonds. The molecule has 0 aliphatic rings. The quantitative estimate of drug-likeness (QED) is 0.0992. The Hall–Kier alpha value is -5.71. The van der Waals surface area contributed by atoms with Crippen molar-refractivity contribution in [2.75, 3.05) is 6.26 Å². The van der Waals surface area contributed by atoms with Crippen LogP contribution in [0.4, 0.5) is 4.79 Å². The van der Waals surface area contributed by atoms with Gasteiger partial charge in [0.1, 0.15) is 24.7 Å². The van der Waals surface area contributed by atoms with Crippen molar-refractivity contribution >= 4 is 56.5 Å². The first-order valence-corrected chi connectivity index (χ1v) is 17.7. The molecule has 16 nitrogen and oxygen atoms in total. The molecule has 0 saturated carbocycles. The first-order valence-electron chi connectivity index (χ1n) is 15.8. The molecule has 1 heterocycles. The third-order valence-electron chi connectivity index (χ3n) is 7.46. The monoisotopic (exact) mass is 727 g/mol. The van der Waals surface area contributed by atoms with Crippen LogP contribution in [0.25, 0.3) is 10.9 Å². The van der Waals surface area contributed by atoms with E-state index in [-0.39, 0.29) is 13.0 Å². The molecule has 0 aliphatic carbocycles. The Morgan fingerprint density at radius 2 is 1.43 bits per heavy atom. The zero-order chi connectivity index (χ0) is 37.7. The molecular formula is C34H41N5O11S. The van der Waals surface area contributed by atoms with E-state index in [1.807, 2.05) is 0 Å². The summed E-state index contributed by atoms with van der Waals surface area (Å²) in [6.45, 7) is 3.05. The maximum atomic E-state index is 13.9. The molecule has 0 fully saturated rings. The van der Waals surface area contributed by atoms with Gasteiger partial charge in [0.05, 0.1) is 18.9 Å². The normalized spacial score (nSPS) is 13.9. The number of aromatic amines is 1. The third kappa shape index (κ3) is 13.3. The second-order valence-electron chi connectivity index (χ2n) is 12.1. The molecule has 0 bridgehead atoms. The van der Waals surface area contributed by atoms with E-state index >= 15 is 0 Å². The van der Waals surface area contributed by atoms with Crippen molar-refractivity contribution in [3.8, 4) is 0 Å². The Bertz CT molecular complexity index is 1860. The summed E-state index contributed by atoms with van der Waals surface area (Å²) >= 11 is 0. The number of sulfone groups is 1. The number of aliphatic carboxylic acids is 2. The zero-order valence-electron chi connectivity index (χ0n) is 28.1. The Kier molecular flexibility index (Phi) is 14.3. The van der Waals surface area contributed by atoms with E-state index in [9.17, 15) is 47.4 Å². The molecule has 1 unspecified atom stereocenters. The number of carbonyl (C=O) groups excluding carboxylic acids is 4. The molecule has 3 aromatic rings. The van der Waals surface area contributed by atoms with Crippen molar-refractivity contribution in [3.63, 3.8) is 0 Å². The van der Waals surface area contributed by atoms with Crippen LogP contribution in [-0.2, 0) is 51.6 Å². The number of para-hydroxylation sites is 1. The van der Waals surface area contributed by atoms with Gasteiger partial charge in [-0.3, -0.25) is 24.0 Å². The molecular weight excluding hydrogens is 686 g/mol. The predicted octanol–water partition coefficient (Wildman–Crippen LogP) is 1.62. The third-order valence-corrected chi connectivity index (χ3v) is 8.11. The summed E-state index contributed by atoms with van der Waals surface area (Å²) in [4.78, 5) is 79.5. The van der Waals surface area contributed by atoms with Crippen molar-refractivity contribution in [1.29, 1.82) is 0 Å². The van der Waals surface area contributed by atoms with Crippen LogP contribution >= 0.6 is 0 Å². The van der Waals surface area contributed by atoms with Crippen LogP contribution in [0.3, 0.4) is 0 Å². The van der Waals surface area contributed by atoms with Crippen LogP contribution in [0.5, 0.6) is 0 Å². The summed E-state index contributed by atoms with van der Waals surface area (Å²) < 4.78 is 28.4. The number of hydrogen-bond donors (Lipinski definition) is 7. The summed E-state index contributed by atoms with van der Waals surface area (Å²) in [5.41, 5.74) is 1.97. The van der Waals surface area contributed by atoms with Crippen LogP contribution in [0.1, 0.15) is 37.8 Å². The molecule has 4 atom stereocenters. The largest absolute Gasteiger partial charge is 0.481 e. The van der Waals surface area contributed by atoms with Gasteiger partial charge >= 0.3 is 18.0 Å². The number of carboxylic acids is 2. The molecule has 1 aromatic heterocycles. The molecule has 51 heavy (non-hydrogen) atoms. The Morgan fingerprint density at radius 1 is 0.804 bits per heavy atom. The molecule has 7 N–H and O–H groups in total. The number of amides is 4.